The number of halogens is 1. The van der Waals surface area contributed by atoms with E-state index in [9.17, 15) is 4.39 Å². The van der Waals surface area contributed by atoms with Crippen LogP contribution in [0.2, 0.25) is 0 Å². The maximum absolute atomic E-state index is 13.8. The summed E-state index contributed by atoms with van der Waals surface area (Å²) in [6.45, 7) is 4.74. The van der Waals surface area contributed by atoms with Crippen LogP contribution in [0.25, 0.3) is 0 Å². The minimum Gasteiger partial charge on any atom is -0.494 e. The van der Waals surface area contributed by atoms with E-state index in [1.54, 1.807) is 18.5 Å². The molecule has 0 saturated heterocycles. The van der Waals surface area contributed by atoms with Gasteiger partial charge in [0.1, 0.15) is 0 Å². The van der Waals surface area contributed by atoms with Crippen molar-refractivity contribution in [2.75, 3.05) is 13.7 Å². The molecule has 0 aliphatic carbocycles. The summed E-state index contributed by atoms with van der Waals surface area (Å²) in [6, 6.07) is 5.03. The molecule has 0 amide bonds. The monoisotopic (exact) mass is 289 g/mol. The lowest BCUT2D eigenvalue weighted by Crippen LogP contribution is -2.24. The van der Waals surface area contributed by atoms with Gasteiger partial charge in [0.25, 0.3) is 0 Å². The molecule has 0 aliphatic rings. The Balaban J connectivity index is 2.19. The van der Waals surface area contributed by atoms with Crippen LogP contribution in [-0.4, -0.2) is 23.6 Å². The van der Waals surface area contributed by atoms with Crippen molar-refractivity contribution in [1.29, 1.82) is 0 Å². The fourth-order valence-corrected chi connectivity index (χ4v) is 2.18. The van der Waals surface area contributed by atoms with Crippen LogP contribution >= 0.6 is 0 Å². The molecule has 2 aromatic rings. The van der Waals surface area contributed by atoms with Gasteiger partial charge in [0.2, 0.25) is 0 Å². The van der Waals surface area contributed by atoms with E-state index in [1.165, 1.54) is 13.2 Å². The van der Waals surface area contributed by atoms with E-state index in [4.69, 9.17) is 4.74 Å². The number of aryl methyl sites for hydroxylation is 1. The minimum atomic E-state index is -0.347. The largest absolute Gasteiger partial charge is 0.494 e. The summed E-state index contributed by atoms with van der Waals surface area (Å²) in [5.74, 6) is -0.0888. The highest BCUT2D eigenvalue weighted by Crippen LogP contribution is 2.22. The first-order valence-corrected chi connectivity index (χ1v) is 6.98. The van der Waals surface area contributed by atoms with E-state index in [0.717, 1.165) is 23.5 Å². The smallest absolute Gasteiger partial charge is 0.165 e. The van der Waals surface area contributed by atoms with E-state index in [-0.39, 0.29) is 17.6 Å². The van der Waals surface area contributed by atoms with Crippen LogP contribution in [-0.2, 0) is 6.42 Å². The number of rotatable bonds is 6. The molecule has 2 rings (SSSR count). The molecule has 0 fully saturated rings. The molecule has 1 atom stereocenters. The summed E-state index contributed by atoms with van der Waals surface area (Å²) in [6.07, 6.45) is 4.16. The van der Waals surface area contributed by atoms with Gasteiger partial charge in [0.15, 0.2) is 11.6 Å². The molecular formula is C16H20FN3O. The van der Waals surface area contributed by atoms with Gasteiger partial charge >= 0.3 is 0 Å². The van der Waals surface area contributed by atoms with Crippen LogP contribution in [0.4, 0.5) is 4.39 Å². The summed E-state index contributed by atoms with van der Waals surface area (Å²) in [5.41, 5.74) is 2.63. The van der Waals surface area contributed by atoms with E-state index < -0.39 is 0 Å². The highest BCUT2D eigenvalue weighted by Gasteiger charge is 2.14. The molecule has 5 heteroatoms. The van der Waals surface area contributed by atoms with Crippen molar-refractivity contribution in [3.63, 3.8) is 0 Å². The van der Waals surface area contributed by atoms with E-state index >= 15 is 0 Å². The lowest BCUT2D eigenvalue weighted by atomic mass is 10.0. The van der Waals surface area contributed by atoms with Crippen molar-refractivity contribution >= 4 is 0 Å². The summed E-state index contributed by atoms with van der Waals surface area (Å²) < 4.78 is 18.7. The van der Waals surface area contributed by atoms with Crippen LogP contribution in [0, 0.1) is 12.7 Å². The van der Waals surface area contributed by atoms with Gasteiger partial charge < -0.3 is 10.1 Å². The summed E-state index contributed by atoms with van der Waals surface area (Å²) >= 11 is 0. The Morgan fingerprint density at radius 2 is 2.10 bits per heavy atom. The molecule has 21 heavy (non-hydrogen) atoms. The second-order valence-electron chi connectivity index (χ2n) is 4.87. The third-order valence-corrected chi connectivity index (χ3v) is 3.26. The summed E-state index contributed by atoms with van der Waals surface area (Å²) in [7, 11) is 1.46. The fourth-order valence-electron chi connectivity index (χ4n) is 2.18. The van der Waals surface area contributed by atoms with Crippen LogP contribution in [0.1, 0.15) is 29.9 Å². The summed E-state index contributed by atoms with van der Waals surface area (Å²) in [4.78, 5) is 8.68. The molecule has 0 aliphatic heterocycles. The zero-order chi connectivity index (χ0) is 15.2. The number of aromatic nitrogens is 2. The summed E-state index contributed by atoms with van der Waals surface area (Å²) in [5, 5.41) is 3.36. The number of nitrogens with zero attached hydrogens (tertiary/aromatic N) is 2. The minimum absolute atomic E-state index is 0.0101. The van der Waals surface area contributed by atoms with Crippen molar-refractivity contribution in [3.8, 4) is 5.75 Å². The molecule has 4 nitrogen and oxygen atoms in total. The first-order chi connectivity index (χ1) is 10.1. The average Bonchev–Trinajstić information content (AvgIpc) is 2.48. The predicted octanol–water partition coefficient (Wildman–Crippen LogP) is 2.83. The average molecular weight is 289 g/mol. The van der Waals surface area contributed by atoms with Gasteiger partial charge in [0.05, 0.1) is 30.7 Å². The van der Waals surface area contributed by atoms with Gasteiger partial charge in [-0.2, -0.15) is 0 Å². The first-order valence-electron chi connectivity index (χ1n) is 6.98. The second kappa shape index (κ2) is 7.13. The molecule has 0 spiro atoms. The predicted molar refractivity (Wildman–Crippen MR) is 79.8 cm³/mol. The van der Waals surface area contributed by atoms with Gasteiger partial charge in [-0.3, -0.25) is 9.97 Å². The third kappa shape index (κ3) is 3.98. The van der Waals surface area contributed by atoms with Crippen molar-refractivity contribution < 1.29 is 9.13 Å². The zero-order valence-electron chi connectivity index (χ0n) is 12.6. The highest BCUT2D eigenvalue weighted by atomic mass is 19.1. The van der Waals surface area contributed by atoms with E-state index in [2.05, 4.69) is 15.3 Å². The normalized spacial score (nSPS) is 12.2. The Morgan fingerprint density at radius 1 is 1.29 bits per heavy atom. The molecule has 0 bridgehead atoms. The lowest BCUT2D eigenvalue weighted by molar-refractivity contribution is 0.386. The number of hydrogen-bond donors (Lipinski definition) is 1. The molecule has 112 valence electrons. The lowest BCUT2D eigenvalue weighted by Gasteiger charge is -2.17. The molecule has 1 heterocycles. The topological polar surface area (TPSA) is 47.0 Å². The number of nitrogens with one attached hydrogen (secondary N) is 1. The number of ether oxygens (including phenoxy) is 1. The Kier molecular flexibility index (Phi) is 5.22. The zero-order valence-corrected chi connectivity index (χ0v) is 12.6. The van der Waals surface area contributed by atoms with Gasteiger partial charge in [0, 0.05) is 6.20 Å². The first kappa shape index (κ1) is 15.4. The molecular weight excluding hydrogens is 269 g/mol. The van der Waals surface area contributed by atoms with E-state index in [0.29, 0.717) is 6.42 Å². The molecule has 0 saturated carbocycles. The van der Waals surface area contributed by atoms with Gasteiger partial charge in [-0.15, -0.1) is 0 Å². The Bertz CT molecular complexity index is 587. The molecule has 1 aromatic heterocycles. The second-order valence-corrected chi connectivity index (χ2v) is 4.87. The fraction of sp³-hybridized carbons (Fsp3) is 0.375. The van der Waals surface area contributed by atoms with Gasteiger partial charge in [-0.1, -0.05) is 13.0 Å². The Morgan fingerprint density at radius 3 is 2.67 bits per heavy atom. The van der Waals surface area contributed by atoms with Crippen LogP contribution < -0.4 is 10.1 Å². The number of benzene rings is 1. The van der Waals surface area contributed by atoms with Crippen LogP contribution in [0.15, 0.2) is 30.6 Å². The quantitative estimate of drug-likeness (QED) is 0.888. The standard InChI is InChI=1S/C16H20FN3O/c1-4-18-14(15-10-19-11(2)9-20-15)8-12-5-6-16(21-3)13(17)7-12/h5-7,9-10,14,18H,4,8H2,1-3H3. The van der Waals surface area contributed by atoms with Crippen molar-refractivity contribution in [2.24, 2.45) is 0 Å². The molecule has 0 radical (unpaired) electrons. The van der Waals surface area contributed by atoms with Gasteiger partial charge in [-0.05, 0) is 37.6 Å². The molecule has 1 aromatic carbocycles. The van der Waals surface area contributed by atoms with Crippen molar-refractivity contribution in [1.82, 2.24) is 15.3 Å². The third-order valence-electron chi connectivity index (χ3n) is 3.26. The van der Waals surface area contributed by atoms with Gasteiger partial charge in [-0.25, -0.2) is 4.39 Å². The maximum Gasteiger partial charge on any atom is 0.165 e. The SMILES string of the molecule is CCNC(Cc1ccc(OC)c(F)c1)c1cnc(C)cn1. The maximum atomic E-state index is 13.8. The number of hydrogen-bond acceptors (Lipinski definition) is 4. The molecule has 1 N–H and O–H groups in total. The number of likely N-dealkylation sites (N-methyl/N-ethyl adjacent to an activating group) is 1. The van der Waals surface area contributed by atoms with Crippen LogP contribution in [0.5, 0.6) is 5.75 Å². The highest BCUT2D eigenvalue weighted by molar-refractivity contribution is 5.30. The number of methoxy groups -OCH3 is 1. The van der Waals surface area contributed by atoms with Crippen molar-refractivity contribution in [3.05, 3.63) is 53.4 Å². The Hall–Kier alpha value is -2.01. The van der Waals surface area contributed by atoms with E-state index in [1.807, 2.05) is 19.9 Å². The van der Waals surface area contributed by atoms with Crippen LogP contribution in [0.3, 0.4) is 0 Å². The Labute approximate surface area is 124 Å². The van der Waals surface area contributed by atoms with Crippen molar-refractivity contribution in [2.45, 2.75) is 26.3 Å². The molecule has 1 unspecified atom stereocenters.